The largest absolute Gasteiger partial charge is 0.335 e. The van der Waals surface area contributed by atoms with Gasteiger partial charge in [0.05, 0.1) is 11.7 Å². The number of benzene rings is 2. The highest BCUT2D eigenvalue weighted by atomic mass is 19.1. The third-order valence-corrected chi connectivity index (χ3v) is 4.93. The van der Waals surface area contributed by atoms with Crippen molar-refractivity contribution in [3.8, 4) is 11.3 Å². The van der Waals surface area contributed by atoms with Crippen molar-refractivity contribution < 1.29 is 9.18 Å². The summed E-state index contributed by atoms with van der Waals surface area (Å²) in [4.78, 5) is 23.4. The minimum atomic E-state index is -0.285. The maximum Gasteiger partial charge on any atom is 0.254 e. The Balaban J connectivity index is 1.79. The van der Waals surface area contributed by atoms with E-state index in [0.717, 1.165) is 34.8 Å². The molecule has 0 bridgehead atoms. The molecular weight excluding hydrogens is 353 g/mol. The number of hydrogen-bond donors (Lipinski definition) is 0. The van der Waals surface area contributed by atoms with Crippen molar-refractivity contribution in [1.82, 2.24) is 14.9 Å². The van der Waals surface area contributed by atoms with E-state index >= 15 is 0 Å². The quantitative estimate of drug-likeness (QED) is 0.629. The summed E-state index contributed by atoms with van der Waals surface area (Å²) in [7, 11) is 1.76. The van der Waals surface area contributed by atoms with Gasteiger partial charge in [-0.25, -0.2) is 14.4 Å². The molecule has 0 fully saturated rings. The molecule has 2 aromatic carbocycles. The Morgan fingerprint density at radius 2 is 1.71 bits per heavy atom. The topological polar surface area (TPSA) is 46.1 Å². The molecule has 0 aliphatic carbocycles. The van der Waals surface area contributed by atoms with Crippen LogP contribution in [0.2, 0.25) is 0 Å². The Hall–Kier alpha value is -3.08. The fourth-order valence-corrected chi connectivity index (χ4v) is 3.09. The fraction of sp³-hybridized carbons (Fsp3) is 0.261. The number of rotatable bonds is 5. The summed E-state index contributed by atoms with van der Waals surface area (Å²) in [5, 5.41) is 0. The van der Waals surface area contributed by atoms with Crippen LogP contribution in [0, 0.1) is 12.7 Å². The van der Waals surface area contributed by atoms with Gasteiger partial charge in [0.2, 0.25) is 0 Å². The van der Waals surface area contributed by atoms with Crippen LogP contribution in [0.25, 0.3) is 11.3 Å². The van der Waals surface area contributed by atoms with Crippen LogP contribution in [-0.4, -0.2) is 27.8 Å². The monoisotopic (exact) mass is 377 g/mol. The first-order valence-corrected chi connectivity index (χ1v) is 9.36. The summed E-state index contributed by atoms with van der Waals surface area (Å²) in [6.45, 7) is 5.87. The maximum atomic E-state index is 13.1. The van der Waals surface area contributed by atoms with Crippen molar-refractivity contribution in [3.63, 3.8) is 0 Å². The first-order chi connectivity index (χ1) is 13.4. The van der Waals surface area contributed by atoms with Gasteiger partial charge in [0, 0.05) is 23.9 Å². The summed E-state index contributed by atoms with van der Waals surface area (Å²) < 4.78 is 13.1. The van der Waals surface area contributed by atoms with E-state index in [2.05, 4.69) is 16.9 Å². The summed E-state index contributed by atoms with van der Waals surface area (Å²) in [5.41, 5.74) is 4.29. The average Bonchev–Trinajstić information content (AvgIpc) is 2.72. The molecule has 144 valence electrons. The fourth-order valence-electron chi connectivity index (χ4n) is 3.09. The van der Waals surface area contributed by atoms with E-state index in [0.29, 0.717) is 5.56 Å². The van der Waals surface area contributed by atoms with Crippen molar-refractivity contribution in [2.45, 2.75) is 33.2 Å². The van der Waals surface area contributed by atoms with Crippen LogP contribution in [0.4, 0.5) is 4.39 Å². The van der Waals surface area contributed by atoms with Gasteiger partial charge in [-0.15, -0.1) is 0 Å². The molecule has 1 atom stereocenters. The Bertz CT molecular complexity index is 968. The average molecular weight is 377 g/mol. The summed E-state index contributed by atoms with van der Waals surface area (Å²) in [6, 6.07) is 15.5. The molecule has 1 heterocycles. The molecular formula is C23H24FN3O. The van der Waals surface area contributed by atoms with Crippen LogP contribution in [0.5, 0.6) is 0 Å². The number of amides is 1. The number of hydrogen-bond acceptors (Lipinski definition) is 3. The molecule has 0 N–H and O–H groups in total. The predicted molar refractivity (Wildman–Crippen MR) is 108 cm³/mol. The maximum absolute atomic E-state index is 13.1. The lowest BCUT2D eigenvalue weighted by molar-refractivity contribution is 0.0742. The van der Waals surface area contributed by atoms with E-state index in [-0.39, 0.29) is 17.8 Å². The van der Waals surface area contributed by atoms with E-state index in [1.54, 1.807) is 24.1 Å². The Labute approximate surface area is 165 Å². The van der Waals surface area contributed by atoms with Crippen molar-refractivity contribution in [1.29, 1.82) is 0 Å². The highest BCUT2D eigenvalue weighted by molar-refractivity contribution is 5.94. The normalized spacial score (nSPS) is 11.9. The molecule has 5 heteroatoms. The molecule has 28 heavy (non-hydrogen) atoms. The number of aryl methyl sites for hydroxylation is 2. The van der Waals surface area contributed by atoms with E-state index < -0.39 is 0 Å². The molecule has 1 unspecified atom stereocenters. The van der Waals surface area contributed by atoms with Crippen molar-refractivity contribution in [3.05, 3.63) is 83.1 Å². The lowest BCUT2D eigenvalue weighted by Crippen LogP contribution is -2.29. The number of aromatic nitrogens is 2. The lowest BCUT2D eigenvalue weighted by atomic mass is 10.0. The van der Waals surface area contributed by atoms with Gasteiger partial charge in [0.1, 0.15) is 11.6 Å². The summed E-state index contributed by atoms with van der Waals surface area (Å²) in [6.07, 6.45) is 0.846. The molecule has 0 saturated carbocycles. The molecule has 3 aromatic rings. The number of carbonyl (C=O) groups excluding carboxylic acids is 1. The Morgan fingerprint density at radius 1 is 1.07 bits per heavy atom. The second kappa shape index (κ2) is 8.30. The lowest BCUT2D eigenvalue weighted by Gasteiger charge is -2.25. The van der Waals surface area contributed by atoms with E-state index in [4.69, 9.17) is 0 Å². The molecule has 3 rings (SSSR count). The molecule has 1 amide bonds. The molecule has 4 nitrogen and oxygen atoms in total. The predicted octanol–water partition coefficient (Wildman–Crippen LogP) is 4.99. The van der Waals surface area contributed by atoms with Gasteiger partial charge >= 0.3 is 0 Å². The minimum Gasteiger partial charge on any atom is -0.335 e. The number of nitrogens with zero attached hydrogens (tertiary/aromatic N) is 3. The van der Waals surface area contributed by atoms with Gasteiger partial charge in [0.15, 0.2) is 0 Å². The van der Waals surface area contributed by atoms with Crippen LogP contribution in [0.1, 0.15) is 47.3 Å². The Morgan fingerprint density at radius 3 is 2.32 bits per heavy atom. The molecule has 0 saturated heterocycles. The van der Waals surface area contributed by atoms with E-state index in [1.807, 2.05) is 44.2 Å². The smallest absolute Gasteiger partial charge is 0.254 e. The minimum absolute atomic E-state index is 0.0866. The molecule has 0 radical (unpaired) electrons. The third kappa shape index (κ3) is 4.25. The van der Waals surface area contributed by atoms with Crippen LogP contribution in [-0.2, 0) is 6.42 Å². The van der Waals surface area contributed by atoms with Crippen molar-refractivity contribution >= 4 is 5.91 Å². The van der Waals surface area contributed by atoms with Gasteiger partial charge in [-0.1, -0.05) is 31.2 Å². The number of carbonyl (C=O) groups is 1. The second-order valence-electron chi connectivity index (χ2n) is 6.87. The van der Waals surface area contributed by atoms with Crippen LogP contribution in [0.15, 0.2) is 54.6 Å². The van der Waals surface area contributed by atoms with Crippen molar-refractivity contribution in [2.24, 2.45) is 0 Å². The van der Waals surface area contributed by atoms with Gasteiger partial charge in [0.25, 0.3) is 5.91 Å². The first-order valence-electron chi connectivity index (χ1n) is 9.36. The van der Waals surface area contributed by atoms with Gasteiger partial charge < -0.3 is 4.90 Å². The summed E-state index contributed by atoms with van der Waals surface area (Å²) in [5.74, 6) is 0.366. The van der Waals surface area contributed by atoms with Crippen LogP contribution in [0.3, 0.4) is 0 Å². The standard InChI is InChI=1S/C23H24FN3O/c1-5-21-14-22(26-16(3)25-21)18-6-8-19(9-7-18)23(28)27(4)15(2)17-10-12-20(24)13-11-17/h6-15H,5H2,1-4H3. The molecule has 0 aliphatic rings. The van der Waals surface area contributed by atoms with Crippen molar-refractivity contribution in [2.75, 3.05) is 7.05 Å². The summed E-state index contributed by atoms with van der Waals surface area (Å²) >= 11 is 0. The zero-order valence-corrected chi connectivity index (χ0v) is 16.6. The molecule has 0 aliphatic heterocycles. The highest BCUT2D eigenvalue weighted by Gasteiger charge is 2.19. The second-order valence-corrected chi connectivity index (χ2v) is 6.87. The van der Waals surface area contributed by atoms with E-state index in [1.165, 1.54) is 12.1 Å². The van der Waals surface area contributed by atoms with Gasteiger partial charge in [-0.2, -0.15) is 0 Å². The van der Waals surface area contributed by atoms with Gasteiger partial charge in [-0.05, 0) is 56.2 Å². The van der Waals surface area contributed by atoms with E-state index in [9.17, 15) is 9.18 Å². The zero-order valence-electron chi connectivity index (χ0n) is 16.6. The van der Waals surface area contributed by atoms with Crippen LogP contribution >= 0.6 is 0 Å². The zero-order chi connectivity index (χ0) is 20.3. The molecule has 0 spiro atoms. The van der Waals surface area contributed by atoms with Crippen LogP contribution < -0.4 is 0 Å². The SMILES string of the molecule is CCc1cc(-c2ccc(C(=O)N(C)C(C)c3ccc(F)cc3)cc2)nc(C)n1. The van der Waals surface area contributed by atoms with Gasteiger partial charge in [-0.3, -0.25) is 4.79 Å². The third-order valence-electron chi connectivity index (χ3n) is 4.93. The number of halogens is 1. The Kier molecular flexibility index (Phi) is 5.83. The first kappa shape index (κ1) is 19.7. The molecule has 1 aromatic heterocycles. The highest BCUT2D eigenvalue weighted by Crippen LogP contribution is 2.23.